The van der Waals surface area contributed by atoms with E-state index in [4.69, 9.17) is 5.84 Å². The lowest BCUT2D eigenvalue weighted by atomic mass is 10.2. The molecular weight excluding hydrogens is 226 g/mol. The molecule has 1 aliphatic carbocycles. The van der Waals surface area contributed by atoms with E-state index in [-0.39, 0.29) is 0 Å². The van der Waals surface area contributed by atoms with Crippen molar-refractivity contribution in [2.75, 3.05) is 16.9 Å². The molecule has 18 heavy (non-hydrogen) atoms. The van der Waals surface area contributed by atoms with Gasteiger partial charge in [-0.15, -0.1) is 0 Å². The fraction of sp³-hybridized carbons (Fsp3) is 0.385. The van der Waals surface area contributed by atoms with E-state index in [1.165, 1.54) is 12.8 Å². The highest BCUT2D eigenvalue weighted by atomic mass is 15.3. The number of nitrogens with zero attached hydrogens (tertiary/aromatic N) is 3. The van der Waals surface area contributed by atoms with Crippen molar-refractivity contribution in [2.45, 2.75) is 25.8 Å². The number of fused-ring (bicyclic) bond motifs is 1. The maximum absolute atomic E-state index is 5.45. The van der Waals surface area contributed by atoms with Gasteiger partial charge in [0.05, 0.1) is 5.52 Å². The molecule has 1 saturated carbocycles. The Morgan fingerprint density at radius 1 is 1.33 bits per heavy atom. The summed E-state index contributed by atoms with van der Waals surface area (Å²) in [7, 11) is 0. The number of para-hydroxylation sites is 1. The summed E-state index contributed by atoms with van der Waals surface area (Å²) < 4.78 is 0. The van der Waals surface area contributed by atoms with Gasteiger partial charge in [-0.1, -0.05) is 12.1 Å². The third-order valence-electron chi connectivity index (χ3n) is 3.31. The van der Waals surface area contributed by atoms with Gasteiger partial charge in [0.25, 0.3) is 0 Å². The summed E-state index contributed by atoms with van der Waals surface area (Å²) in [5.74, 6) is 6.91. The zero-order chi connectivity index (χ0) is 12.5. The fourth-order valence-electron chi connectivity index (χ4n) is 2.31. The van der Waals surface area contributed by atoms with Crippen LogP contribution in [0.15, 0.2) is 24.3 Å². The van der Waals surface area contributed by atoms with Crippen LogP contribution in [0.25, 0.3) is 10.9 Å². The number of rotatable bonds is 4. The topological polar surface area (TPSA) is 67.1 Å². The molecule has 0 unspecified atom stereocenters. The van der Waals surface area contributed by atoms with Crippen molar-refractivity contribution in [1.29, 1.82) is 0 Å². The van der Waals surface area contributed by atoms with Gasteiger partial charge in [0.2, 0.25) is 5.95 Å². The van der Waals surface area contributed by atoms with E-state index >= 15 is 0 Å². The first kappa shape index (κ1) is 11.2. The average molecular weight is 243 g/mol. The normalized spacial score (nSPS) is 14.8. The molecule has 0 saturated heterocycles. The Kier molecular flexibility index (Phi) is 2.76. The number of hydrazine groups is 1. The van der Waals surface area contributed by atoms with Crippen molar-refractivity contribution in [2.24, 2.45) is 5.84 Å². The molecule has 5 nitrogen and oxygen atoms in total. The molecule has 94 valence electrons. The maximum Gasteiger partial charge on any atom is 0.239 e. The van der Waals surface area contributed by atoms with E-state index in [0.29, 0.717) is 12.0 Å². The molecule has 0 bridgehead atoms. The van der Waals surface area contributed by atoms with Crippen LogP contribution in [0, 0.1) is 0 Å². The van der Waals surface area contributed by atoms with Gasteiger partial charge < -0.3 is 4.90 Å². The average Bonchev–Trinajstić information content (AvgIpc) is 3.24. The second-order valence-electron chi connectivity index (χ2n) is 4.55. The van der Waals surface area contributed by atoms with Gasteiger partial charge >= 0.3 is 0 Å². The van der Waals surface area contributed by atoms with E-state index in [1.54, 1.807) is 0 Å². The van der Waals surface area contributed by atoms with Gasteiger partial charge in [0, 0.05) is 18.0 Å². The highest BCUT2D eigenvalue weighted by Crippen LogP contribution is 2.34. The Morgan fingerprint density at radius 2 is 2.11 bits per heavy atom. The number of benzene rings is 1. The first-order valence-corrected chi connectivity index (χ1v) is 6.33. The van der Waals surface area contributed by atoms with Crippen molar-refractivity contribution >= 4 is 22.7 Å². The molecular formula is C13H17N5. The monoisotopic (exact) mass is 243 g/mol. The molecule has 0 atom stereocenters. The molecule has 0 amide bonds. The zero-order valence-corrected chi connectivity index (χ0v) is 10.4. The minimum Gasteiger partial charge on any atom is -0.353 e. The van der Waals surface area contributed by atoms with Crippen molar-refractivity contribution in [1.82, 2.24) is 9.97 Å². The lowest BCUT2D eigenvalue weighted by molar-refractivity contribution is 0.811. The summed E-state index contributed by atoms with van der Waals surface area (Å²) in [6.07, 6.45) is 2.50. The zero-order valence-electron chi connectivity index (χ0n) is 10.4. The number of nitrogen functional groups attached to an aromatic ring is 1. The molecule has 1 fully saturated rings. The molecule has 1 heterocycles. The predicted octanol–water partition coefficient (Wildman–Crippen LogP) is 1.90. The van der Waals surface area contributed by atoms with Crippen LogP contribution in [0.5, 0.6) is 0 Å². The SMILES string of the molecule is CCN(c1nc(NN)nc2ccccc12)C1CC1. The molecule has 0 aliphatic heterocycles. The summed E-state index contributed by atoms with van der Waals surface area (Å²) in [5, 5.41) is 1.09. The van der Waals surface area contributed by atoms with Gasteiger partial charge in [-0.05, 0) is 31.9 Å². The molecule has 2 aromatic rings. The molecule has 5 heteroatoms. The van der Waals surface area contributed by atoms with E-state index in [1.807, 2.05) is 18.2 Å². The summed E-state index contributed by atoms with van der Waals surface area (Å²) in [5.41, 5.74) is 3.47. The number of anilines is 2. The van der Waals surface area contributed by atoms with Gasteiger partial charge in [0.1, 0.15) is 5.82 Å². The number of nitrogens with two attached hydrogens (primary N) is 1. The molecule has 1 aromatic carbocycles. The van der Waals surface area contributed by atoms with Gasteiger partial charge in [-0.2, -0.15) is 4.98 Å². The second kappa shape index (κ2) is 4.42. The van der Waals surface area contributed by atoms with Gasteiger partial charge in [0.15, 0.2) is 0 Å². The maximum atomic E-state index is 5.45. The summed E-state index contributed by atoms with van der Waals surface area (Å²) in [6, 6.07) is 8.68. The van der Waals surface area contributed by atoms with Crippen molar-refractivity contribution in [3.8, 4) is 0 Å². The van der Waals surface area contributed by atoms with Crippen molar-refractivity contribution in [3.63, 3.8) is 0 Å². The lowest BCUT2D eigenvalue weighted by Crippen LogP contribution is -2.27. The van der Waals surface area contributed by atoms with Crippen LogP contribution >= 0.6 is 0 Å². The smallest absolute Gasteiger partial charge is 0.239 e. The third kappa shape index (κ3) is 1.86. The number of hydrogen-bond acceptors (Lipinski definition) is 5. The quantitative estimate of drug-likeness (QED) is 0.634. The first-order chi connectivity index (χ1) is 8.83. The highest BCUT2D eigenvalue weighted by molar-refractivity contribution is 5.90. The molecule has 3 rings (SSSR count). The van der Waals surface area contributed by atoms with Crippen LogP contribution in [0.4, 0.5) is 11.8 Å². The Balaban J connectivity index is 2.18. The van der Waals surface area contributed by atoms with Crippen LogP contribution in [-0.2, 0) is 0 Å². The number of aromatic nitrogens is 2. The van der Waals surface area contributed by atoms with Crippen LogP contribution < -0.4 is 16.2 Å². The second-order valence-corrected chi connectivity index (χ2v) is 4.55. The van der Waals surface area contributed by atoms with Crippen LogP contribution in [0.1, 0.15) is 19.8 Å². The highest BCUT2D eigenvalue weighted by Gasteiger charge is 2.30. The van der Waals surface area contributed by atoms with E-state index in [2.05, 4.69) is 33.3 Å². The number of nitrogens with one attached hydrogen (secondary N) is 1. The Labute approximate surface area is 106 Å². The Bertz CT molecular complexity index is 564. The third-order valence-corrected chi connectivity index (χ3v) is 3.31. The summed E-state index contributed by atoms with van der Waals surface area (Å²) in [4.78, 5) is 11.2. The Hall–Kier alpha value is -1.88. The first-order valence-electron chi connectivity index (χ1n) is 6.33. The fourth-order valence-corrected chi connectivity index (χ4v) is 2.31. The number of hydrogen-bond donors (Lipinski definition) is 2. The molecule has 0 spiro atoms. The van der Waals surface area contributed by atoms with E-state index in [9.17, 15) is 0 Å². The summed E-state index contributed by atoms with van der Waals surface area (Å²) >= 11 is 0. The van der Waals surface area contributed by atoms with E-state index < -0.39 is 0 Å². The molecule has 3 N–H and O–H groups in total. The lowest BCUT2D eigenvalue weighted by Gasteiger charge is -2.23. The van der Waals surface area contributed by atoms with Crippen LogP contribution in [0.3, 0.4) is 0 Å². The largest absolute Gasteiger partial charge is 0.353 e. The van der Waals surface area contributed by atoms with Crippen LogP contribution in [-0.4, -0.2) is 22.6 Å². The standard InChI is InChI=1S/C13H17N5/c1-2-18(9-7-8-9)12-10-5-3-4-6-11(10)15-13(16-12)17-14/h3-6,9H,2,7-8,14H2,1H3,(H,15,16,17). The van der Waals surface area contributed by atoms with Gasteiger partial charge in [-0.3, -0.25) is 5.43 Å². The molecule has 0 radical (unpaired) electrons. The van der Waals surface area contributed by atoms with Crippen molar-refractivity contribution < 1.29 is 0 Å². The predicted molar refractivity (Wildman–Crippen MR) is 73.4 cm³/mol. The minimum atomic E-state index is 0.475. The van der Waals surface area contributed by atoms with Crippen molar-refractivity contribution in [3.05, 3.63) is 24.3 Å². The van der Waals surface area contributed by atoms with E-state index in [0.717, 1.165) is 23.3 Å². The summed E-state index contributed by atoms with van der Waals surface area (Å²) in [6.45, 7) is 3.11. The minimum absolute atomic E-state index is 0.475. The molecule has 1 aliphatic rings. The van der Waals surface area contributed by atoms with Gasteiger partial charge in [-0.25, -0.2) is 10.8 Å². The Morgan fingerprint density at radius 3 is 2.78 bits per heavy atom. The van der Waals surface area contributed by atoms with Crippen LogP contribution in [0.2, 0.25) is 0 Å². The molecule has 1 aromatic heterocycles.